The monoisotopic (exact) mass is 632 g/mol. The van der Waals surface area contributed by atoms with Gasteiger partial charge in [-0.1, -0.05) is 112 Å². The molecule has 0 aromatic carbocycles. The molecule has 1 aliphatic rings. The summed E-state index contributed by atoms with van der Waals surface area (Å²) in [6.07, 6.45) is 21.8. The van der Waals surface area contributed by atoms with E-state index < -0.39 is 10.0 Å². The van der Waals surface area contributed by atoms with Crippen LogP contribution in [0.3, 0.4) is 0 Å². The molecular formula is C37H60S4. The lowest BCUT2D eigenvalue weighted by molar-refractivity contribution is 0.449. The molecule has 3 aromatic rings. The highest BCUT2D eigenvalue weighted by molar-refractivity contribution is 8.35. The van der Waals surface area contributed by atoms with Crippen molar-refractivity contribution < 1.29 is 0 Å². The van der Waals surface area contributed by atoms with E-state index in [0.29, 0.717) is 0 Å². The SMILES string of the molecule is CCCCC.CCCCCCc1ccc(S2(CC(CCCC)CCCCCC)c3cc(C)sc3-c3sc(C)cc32)s1. The molecule has 0 spiro atoms. The predicted octanol–water partition coefficient (Wildman–Crippen LogP) is 14.8. The predicted molar refractivity (Wildman–Crippen MR) is 193 cm³/mol. The molecule has 3 aromatic heterocycles. The maximum atomic E-state index is 2.60. The number of hydrogen-bond donors (Lipinski definition) is 0. The Bertz CT molecular complexity index is 1080. The van der Waals surface area contributed by atoms with Crippen molar-refractivity contribution in [1.29, 1.82) is 0 Å². The Balaban J connectivity index is 0.000000850. The van der Waals surface area contributed by atoms with Crippen molar-refractivity contribution in [1.82, 2.24) is 0 Å². The summed E-state index contributed by atoms with van der Waals surface area (Å²) in [6.45, 7) is 16.1. The van der Waals surface area contributed by atoms with Crippen molar-refractivity contribution in [3.8, 4) is 9.75 Å². The van der Waals surface area contributed by atoms with E-state index in [2.05, 4.69) is 107 Å². The third-order valence-electron chi connectivity index (χ3n) is 8.48. The Morgan fingerprint density at radius 2 is 1.12 bits per heavy atom. The van der Waals surface area contributed by atoms with Gasteiger partial charge in [-0.3, -0.25) is 0 Å². The van der Waals surface area contributed by atoms with E-state index in [9.17, 15) is 0 Å². The van der Waals surface area contributed by atoms with E-state index >= 15 is 0 Å². The third-order valence-corrected chi connectivity index (χ3v) is 17.0. The first kappa shape index (κ1) is 34.9. The lowest BCUT2D eigenvalue weighted by Crippen LogP contribution is -2.14. The van der Waals surface area contributed by atoms with E-state index in [1.165, 1.54) is 118 Å². The summed E-state index contributed by atoms with van der Waals surface area (Å²) in [4.78, 5) is 11.3. The van der Waals surface area contributed by atoms with Gasteiger partial charge in [0.15, 0.2) is 0 Å². The van der Waals surface area contributed by atoms with Gasteiger partial charge in [0.1, 0.15) is 0 Å². The van der Waals surface area contributed by atoms with Crippen LogP contribution < -0.4 is 0 Å². The summed E-state index contributed by atoms with van der Waals surface area (Å²) in [5.41, 5.74) is 0. The maximum absolute atomic E-state index is 2.60. The number of fused-ring (bicyclic) bond motifs is 3. The number of hydrogen-bond acceptors (Lipinski definition) is 3. The van der Waals surface area contributed by atoms with E-state index in [1.54, 1.807) is 28.6 Å². The van der Waals surface area contributed by atoms with Crippen molar-refractivity contribution in [2.75, 3.05) is 5.75 Å². The van der Waals surface area contributed by atoms with Crippen LogP contribution in [0.1, 0.15) is 146 Å². The summed E-state index contributed by atoms with van der Waals surface area (Å²) in [5, 5.41) is 0. The Morgan fingerprint density at radius 1 is 0.585 bits per heavy atom. The normalized spacial score (nSPS) is 14.8. The molecule has 0 N–H and O–H groups in total. The smallest absolute Gasteiger partial charge is 0.0584 e. The van der Waals surface area contributed by atoms with Crippen LogP contribution in [0, 0.1) is 19.8 Å². The number of unbranched alkanes of at least 4 members (excludes halogenated alkanes) is 9. The fraction of sp³-hybridized carbons (Fsp3) is 0.676. The van der Waals surface area contributed by atoms with Crippen LogP contribution in [0.25, 0.3) is 9.75 Å². The maximum Gasteiger partial charge on any atom is 0.0584 e. The molecule has 0 amide bonds. The van der Waals surface area contributed by atoms with Crippen molar-refractivity contribution >= 4 is 44.0 Å². The molecule has 4 heteroatoms. The molecule has 232 valence electrons. The molecule has 1 aliphatic heterocycles. The summed E-state index contributed by atoms with van der Waals surface area (Å²) in [5.74, 6) is 2.22. The Kier molecular flexibility index (Phi) is 15.6. The van der Waals surface area contributed by atoms with Crippen LogP contribution in [0.4, 0.5) is 0 Å². The number of rotatable bonds is 18. The first-order valence-electron chi connectivity index (χ1n) is 17.1. The van der Waals surface area contributed by atoms with Crippen molar-refractivity contribution in [2.45, 2.75) is 165 Å². The Labute approximate surface area is 268 Å². The third kappa shape index (κ3) is 9.22. The number of aryl methyl sites for hydroxylation is 3. The molecule has 0 saturated carbocycles. The van der Waals surface area contributed by atoms with Gasteiger partial charge in [0.05, 0.1) is 14.0 Å². The number of thiophene rings is 3. The highest BCUT2D eigenvalue weighted by Gasteiger charge is 2.45. The minimum atomic E-state index is -1.16. The minimum Gasteiger partial charge on any atom is -0.148 e. The van der Waals surface area contributed by atoms with Gasteiger partial charge in [0.25, 0.3) is 0 Å². The second-order valence-corrected chi connectivity index (χ2v) is 19.3. The van der Waals surface area contributed by atoms with Gasteiger partial charge >= 0.3 is 0 Å². The van der Waals surface area contributed by atoms with E-state index in [0.717, 1.165) is 5.92 Å². The zero-order valence-electron chi connectivity index (χ0n) is 27.5. The topological polar surface area (TPSA) is 0 Å². The fourth-order valence-corrected chi connectivity index (χ4v) is 16.1. The van der Waals surface area contributed by atoms with Crippen LogP contribution in [-0.4, -0.2) is 5.75 Å². The molecule has 0 bridgehead atoms. The summed E-state index contributed by atoms with van der Waals surface area (Å²) < 4.78 is 1.71. The van der Waals surface area contributed by atoms with Crippen LogP contribution in [0.2, 0.25) is 0 Å². The van der Waals surface area contributed by atoms with Crippen LogP contribution in [0.5, 0.6) is 0 Å². The molecular weight excluding hydrogens is 573 g/mol. The van der Waals surface area contributed by atoms with Gasteiger partial charge in [0.2, 0.25) is 0 Å². The molecule has 1 unspecified atom stereocenters. The molecule has 0 saturated heterocycles. The molecule has 4 heterocycles. The summed E-state index contributed by atoms with van der Waals surface area (Å²) in [7, 11) is -1.16. The van der Waals surface area contributed by atoms with Crippen molar-refractivity contribution in [2.24, 2.45) is 5.92 Å². The molecule has 0 fully saturated rings. The van der Waals surface area contributed by atoms with E-state index in [1.807, 2.05) is 0 Å². The Morgan fingerprint density at radius 3 is 1.66 bits per heavy atom. The molecule has 0 aliphatic carbocycles. The van der Waals surface area contributed by atoms with E-state index in [4.69, 9.17) is 0 Å². The first-order valence-corrected chi connectivity index (χ1v) is 21.3. The van der Waals surface area contributed by atoms with E-state index in [-0.39, 0.29) is 0 Å². The van der Waals surface area contributed by atoms with Crippen LogP contribution in [0.15, 0.2) is 38.3 Å². The average Bonchev–Trinajstić information content (AvgIpc) is 3.72. The first-order chi connectivity index (χ1) is 19.9. The summed E-state index contributed by atoms with van der Waals surface area (Å²) in [6, 6.07) is 10.3. The van der Waals surface area contributed by atoms with Crippen LogP contribution >= 0.6 is 44.0 Å². The van der Waals surface area contributed by atoms with Gasteiger partial charge in [-0.15, -0.1) is 44.0 Å². The Hall–Kier alpha value is -0.550. The highest BCUT2D eigenvalue weighted by Crippen LogP contribution is 2.80. The van der Waals surface area contributed by atoms with Crippen molar-refractivity contribution in [3.63, 3.8) is 0 Å². The van der Waals surface area contributed by atoms with Crippen LogP contribution in [-0.2, 0) is 6.42 Å². The fourth-order valence-electron chi connectivity index (χ4n) is 6.19. The standard InChI is InChI=1S/C32H48S4.C5H12/c1-6-9-12-14-17-26(16-11-8-3)23-36(30-20-19-27(35-30)18-15-13-10-7-2)28-21-24(4)33-31(28)32-29(36)22-25(5)34-32;1-3-5-4-2/h19-22,26H,6-18,23H2,1-5H3;3-5H2,1-2H3. The molecule has 41 heavy (non-hydrogen) atoms. The highest BCUT2D eigenvalue weighted by atomic mass is 32.3. The zero-order chi connectivity index (χ0) is 29.7. The van der Waals surface area contributed by atoms with Gasteiger partial charge in [0, 0.05) is 24.4 Å². The lowest BCUT2D eigenvalue weighted by atomic mass is 9.97. The molecule has 1 atom stereocenters. The van der Waals surface area contributed by atoms with Gasteiger partial charge in [-0.05, 0) is 75.5 Å². The van der Waals surface area contributed by atoms with Gasteiger partial charge < -0.3 is 0 Å². The van der Waals surface area contributed by atoms with Gasteiger partial charge in [-0.2, -0.15) is 0 Å². The zero-order valence-corrected chi connectivity index (χ0v) is 30.8. The quantitative estimate of drug-likeness (QED) is 0.122. The lowest BCUT2D eigenvalue weighted by Gasteiger charge is -2.39. The second kappa shape index (κ2) is 18.3. The molecule has 4 rings (SSSR count). The minimum absolute atomic E-state index is 0.839. The van der Waals surface area contributed by atoms with Crippen molar-refractivity contribution in [3.05, 3.63) is 38.9 Å². The van der Waals surface area contributed by atoms with Gasteiger partial charge in [-0.25, -0.2) is 0 Å². The molecule has 0 nitrogen and oxygen atoms in total. The average molecular weight is 633 g/mol. The second-order valence-electron chi connectivity index (χ2n) is 12.2. The largest absolute Gasteiger partial charge is 0.148 e. The summed E-state index contributed by atoms with van der Waals surface area (Å²) >= 11 is 6.30. The molecule has 0 radical (unpaired) electrons.